The Kier molecular flexibility index (Phi) is 5.32. The van der Waals surface area contributed by atoms with Crippen molar-refractivity contribution in [2.45, 2.75) is 32.6 Å². The van der Waals surface area contributed by atoms with Crippen LogP contribution >= 0.6 is 0 Å². The lowest BCUT2D eigenvalue weighted by atomic mass is 9.88. The van der Waals surface area contributed by atoms with Gasteiger partial charge in [-0.1, -0.05) is 80.4 Å². The fourth-order valence-corrected chi connectivity index (χ4v) is 3.24. The molecule has 3 rings (SSSR count). The first-order chi connectivity index (χ1) is 11.8. The maximum absolute atomic E-state index is 10.3. The first kappa shape index (κ1) is 16.3. The summed E-state index contributed by atoms with van der Waals surface area (Å²) >= 11 is 0. The second-order valence-electron chi connectivity index (χ2n) is 6.22. The van der Waals surface area contributed by atoms with Crippen molar-refractivity contribution < 1.29 is 5.11 Å². The third kappa shape index (κ3) is 3.68. The molecule has 0 amide bonds. The summed E-state index contributed by atoms with van der Waals surface area (Å²) < 4.78 is 0. The van der Waals surface area contributed by atoms with E-state index >= 15 is 0 Å². The molecule has 3 aromatic rings. The van der Waals surface area contributed by atoms with Gasteiger partial charge in [-0.15, -0.1) is 0 Å². The number of aromatic hydroxyl groups is 1. The number of benzene rings is 3. The predicted octanol–water partition coefficient (Wildman–Crippen LogP) is 6.46. The lowest BCUT2D eigenvalue weighted by molar-refractivity contribution is 0.474. The molecule has 0 aliphatic carbocycles. The van der Waals surface area contributed by atoms with E-state index in [2.05, 4.69) is 43.3 Å². The summed E-state index contributed by atoms with van der Waals surface area (Å²) in [5, 5.41) is 10.3. The predicted molar refractivity (Wildman–Crippen MR) is 102 cm³/mol. The molecule has 3 aromatic carbocycles. The van der Waals surface area contributed by atoms with Crippen LogP contribution in [0.25, 0.3) is 22.3 Å². The van der Waals surface area contributed by atoms with Crippen molar-refractivity contribution in [3.63, 3.8) is 0 Å². The minimum Gasteiger partial charge on any atom is -0.508 e. The summed E-state index contributed by atoms with van der Waals surface area (Å²) in [6.07, 6.45) is 4.55. The Bertz CT molecular complexity index is 776. The molecule has 0 aliphatic heterocycles. The maximum atomic E-state index is 10.3. The number of hydrogen-bond acceptors (Lipinski definition) is 1. The normalized spacial score (nSPS) is 10.7. The number of phenols is 1. The lowest BCUT2D eigenvalue weighted by Gasteiger charge is -2.17. The molecular formula is C23H24O. The van der Waals surface area contributed by atoms with Gasteiger partial charge in [-0.3, -0.25) is 0 Å². The number of hydrogen-bond donors (Lipinski definition) is 1. The first-order valence-electron chi connectivity index (χ1n) is 8.76. The number of aryl methyl sites for hydroxylation is 1. The molecule has 0 radical (unpaired) electrons. The zero-order valence-electron chi connectivity index (χ0n) is 14.2. The fraction of sp³-hybridized carbons (Fsp3) is 0.217. The number of phenolic OH excluding ortho intramolecular Hbond substituents is 1. The first-order valence-corrected chi connectivity index (χ1v) is 8.76. The average Bonchev–Trinajstić information content (AvgIpc) is 2.63. The summed E-state index contributed by atoms with van der Waals surface area (Å²) in [5.41, 5.74) is 5.93. The molecular weight excluding hydrogens is 292 g/mol. The molecule has 0 aromatic heterocycles. The van der Waals surface area contributed by atoms with Crippen LogP contribution in [0.4, 0.5) is 0 Å². The van der Waals surface area contributed by atoms with E-state index in [0.29, 0.717) is 5.75 Å². The average molecular weight is 316 g/mol. The summed E-state index contributed by atoms with van der Waals surface area (Å²) in [6.45, 7) is 2.22. The smallest absolute Gasteiger partial charge is 0.116 e. The zero-order valence-corrected chi connectivity index (χ0v) is 14.2. The van der Waals surface area contributed by atoms with Crippen LogP contribution in [0.3, 0.4) is 0 Å². The van der Waals surface area contributed by atoms with Gasteiger partial charge in [0.05, 0.1) is 0 Å². The van der Waals surface area contributed by atoms with Gasteiger partial charge in [-0.25, -0.2) is 0 Å². The maximum Gasteiger partial charge on any atom is 0.116 e. The van der Waals surface area contributed by atoms with Crippen LogP contribution in [0.15, 0.2) is 72.8 Å². The Morgan fingerprint density at radius 3 is 2.00 bits per heavy atom. The summed E-state index contributed by atoms with van der Waals surface area (Å²) in [5.74, 6) is 0.347. The van der Waals surface area contributed by atoms with E-state index in [0.717, 1.165) is 24.0 Å². The van der Waals surface area contributed by atoms with Gasteiger partial charge in [0.25, 0.3) is 0 Å². The fourth-order valence-electron chi connectivity index (χ4n) is 3.24. The van der Waals surface area contributed by atoms with Crippen molar-refractivity contribution >= 4 is 0 Å². The highest BCUT2D eigenvalue weighted by atomic mass is 16.3. The molecule has 0 saturated carbocycles. The van der Waals surface area contributed by atoms with Gasteiger partial charge in [0.15, 0.2) is 0 Å². The standard InChI is InChI=1S/C23H24O/c1-2-3-6-15-20-16-21(24)17-22(18-11-7-4-8-12-18)23(20)19-13-9-5-10-14-19/h4-5,7-14,16-17,24H,2-3,6,15H2,1H3. The van der Waals surface area contributed by atoms with Gasteiger partial charge in [-0.2, -0.15) is 0 Å². The number of rotatable bonds is 6. The second-order valence-corrected chi connectivity index (χ2v) is 6.22. The minimum atomic E-state index is 0.347. The van der Waals surface area contributed by atoms with Crippen molar-refractivity contribution in [2.24, 2.45) is 0 Å². The van der Waals surface area contributed by atoms with Crippen LogP contribution in [0.2, 0.25) is 0 Å². The van der Waals surface area contributed by atoms with E-state index < -0.39 is 0 Å². The van der Waals surface area contributed by atoms with Crippen molar-refractivity contribution in [1.82, 2.24) is 0 Å². The molecule has 0 heterocycles. The van der Waals surface area contributed by atoms with E-state index in [1.54, 1.807) is 0 Å². The second kappa shape index (κ2) is 7.83. The third-order valence-electron chi connectivity index (χ3n) is 4.40. The highest BCUT2D eigenvalue weighted by Gasteiger charge is 2.14. The molecule has 24 heavy (non-hydrogen) atoms. The van der Waals surface area contributed by atoms with E-state index in [9.17, 15) is 5.11 Å². The quantitative estimate of drug-likeness (QED) is 0.517. The zero-order chi connectivity index (χ0) is 16.8. The molecule has 0 atom stereocenters. The molecule has 0 bridgehead atoms. The van der Waals surface area contributed by atoms with Gasteiger partial charge in [-0.05, 0) is 52.8 Å². The summed E-state index contributed by atoms with van der Waals surface area (Å²) in [6, 6.07) is 24.7. The monoisotopic (exact) mass is 316 g/mol. The van der Waals surface area contributed by atoms with Crippen LogP contribution in [0.5, 0.6) is 5.75 Å². The number of unbranched alkanes of at least 4 members (excludes halogenated alkanes) is 2. The topological polar surface area (TPSA) is 20.2 Å². The van der Waals surface area contributed by atoms with Gasteiger partial charge in [0.2, 0.25) is 0 Å². The molecule has 0 spiro atoms. The molecule has 122 valence electrons. The molecule has 0 saturated heterocycles. The summed E-state index contributed by atoms with van der Waals surface area (Å²) in [7, 11) is 0. The summed E-state index contributed by atoms with van der Waals surface area (Å²) in [4.78, 5) is 0. The SMILES string of the molecule is CCCCCc1cc(O)cc(-c2ccccc2)c1-c1ccccc1. The van der Waals surface area contributed by atoms with Gasteiger partial charge < -0.3 is 5.11 Å². The Balaban J connectivity index is 2.16. The Morgan fingerprint density at radius 1 is 0.750 bits per heavy atom. The highest BCUT2D eigenvalue weighted by Crippen LogP contribution is 2.38. The Hall–Kier alpha value is -2.54. The molecule has 0 aliphatic rings. The van der Waals surface area contributed by atoms with Crippen molar-refractivity contribution in [2.75, 3.05) is 0 Å². The van der Waals surface area contributed by atoms with E-state index in [1.807, 2.05) is 36.4 Å². The van der Waals surface area contributed by atoms with Crippen molar-refractivity contribution in [3.8, 4) is 28.0 Å². The lowest BCUT2D eigenvalue weighted by Crippen LogP contribution is -1.95. The third-order valence-corrected chi connectivity index (χ3v) is 4.40. The van der Waals surface area contributed by atoms with Crippen molar-refractivity contribution in [1.29, 1.82) is 0 Å². The van der Waals surface area contributed by atoms with Gasteiger partial charge >= 0.3 is 0 Å². The van der Waals surface area contributed by atoms with Crippen LogP contribution in [0, 0.1) is 0 Å². The van der Waals surface area contributed by atoms with E-state index in [1.165, 1.54) is 29.5 Å². The molecule has 0 unspecified atom stereocenters. The van der Waals surface area contributed by atoms with Crippen LogP contribution < -0.4 is 0 Å². The highest BCUT2D eigenvalue weighted by molar-refractivity contribution is 5.86. The van der Waals surface area contributed by atoms with Crippen LogP contribution in [-0.4, -0.2) is 5.11 Å². The van der Waals surface area contributed by atoms with Gasteiger partial charge in [0, 0.05) is 0 Å². The largest absolute Gasteiger partial charge is 0.508 e. The van der Waals surface area contributed by atoms with Crippen molar-refractivity contribution in [3.05, 3.63) is 78.4 Å². The molecule has 1 heteroatoms. The van der Waals surface area contributed by atoms with Crippen LogP contribution in [0.1, 0.15) is 31.7 Å². The van der Waals surface area contributed by atoms with Gasteiger partial charge in [0.1, 0.15) is 5.75 Å². The Labute approximate surface area is 144 Å². The van der Waals surface area contributed by atoms with E-state index in [-0.39, 0.29) is 0 Å². The Morgan fingerprint density at radius 2 is 1.38 bits per heavy atom. The molecule has 1 N–H and O–H groups in total. The molecule has 1 nitrogen and oxygen atoms in total. The van der Waals surface area contributed by atoms with Crippen LogP contribution in [-0.2, 0) is 6.42 Å². The minimum absolute atomic E-state index is 0.347. The van der Waals surface area contributed by atoms with E-state index in [4.69, 9.17) is 0 Å². The molecule has 0 fully saturated rings.